The van der Waals surface area contributed by atoms with Crippen LogP contribution in [0.5, 0.6) is 0 Å². The molecular formula is C23H27F3N8O2. The lowest BCUT2D eigenvalue weighted by Crippen LogP contribution is -2.64. The highest BCUT2D eigenvalue weighted by atomic mass is 19.4. The Morgan fingerprint density at radius 2 is 2.00 bits per heavy atom. The number of aromatic nitrogens is 2. The summed E-state index contributed by atoms with van der Waals surface area (Å²) in [7, 11) is 0. The van der Waals surface area contributed by atoms with Gasteiger partial charge in [0.05, 0.1) is 23.8 Å². The van der Waals surface area contributed by atoms with Crippen LogP contribution in [0.25, 0.3) is 0 Å². The van der Waals surface area contributed by atoms with Crippen LogP contribution in [0.1, 0.15) is 24.0 Å². The zero-order valence-electron chi connectivity index (χ0n) is 19.3. The Bertz CT molecular complexity index is 1150. The van der Waals surface area contributed by atoms with E-state index in [4.69, 9.17) is 5.41 Å². The number of aliphatic hydroxyl groups excluding tert-OH is 1. The first kappa shape index (κ1) is 24.3. The van der Waals surface area contributed by atoms with E-state index in [9.17, 15) is 23.1 Å². The molecule has 36 heavy (non-hydrogen) atoms. The van der Waals surface area contributed by atoms with Crippen LogP contribution in [0.3, 0.4) is 0 Å². The summed E-state index contributed by atoms with van der Waals surface area (Å²) >= 11 is 0. The smallest absolute Gasteiger partial charge is 0.393 e. The molecule has 2 aromatic rings. The van der Waals surface area contributed by atoms with E-state index < -0.39 is 11.7 Å². The topological polar surface area (TPSA) is 130 Å². The number of piperazine rings is 1. The number of amides is 1. The van der Waals surface area contributed by atoms with Gasteiger partial charge in [0.2, 0.25) is 11.9 Å². The maximum Gasteiger partial charge on any atom is 0.416 e. The second-order valence-corrected chi connectivity index (χ2v) is 9.33. The van der Waals surface area contributed by atoms with Crippen LogP contribution in [-0.4, -0.2) is 83.0 Å². The number of nitrogens with zero attached hydrogens (tertiary/aromatic N) is 4. The summed E-state index contributed by atoms with van der Waals surface area (Å²) in [5.74, 6) is 0.943. The van der Waals surface area contributed by atoms with Crippen LogP contribution in [-0.2, 0) is 11.0 Å². The molecule has 2 saturated heterocycles. The summed E-state index contributed by atoms with van der Waals surface area (Å²) in [5, 5.41) is 26.6. The monoisotopic (exact) mass is 504 g/mol. The van der Waals surface area contributed by atoms with Crippen molar-refractivity contribution in [2.75, 3.05) is 48.3 Å². The number of hydrogen-bond donors (Lipinski definition) is 5. The van der Waals surface area contributed by atoms with Crippen molar-refractivity contribution in [1.82, 2.24) is 20.2 Å². The summed E-state index contributed by atoms with van der Waals surface area (Å²) < 4.78 is 39.7. The lowest BCUT2D eigenvalue weighted by molar-refractivity contribution is -0.137. The molecule has 3 fully saturated rings. The largest absolute Gasteiger partial charge is 0.416 e. The lowest BCUT2D eigenvalue weighted by atomic mass is 9.90. The van der Waals surface area contributed by atoms with Gasteiger partial charge >= 0.3 is 6.18 Å². The molecule has 3 aliphatic rings. The Morgan fingerprint density at radius 1 is 1.22 bits per heavy atom. The predicted octanol–water partition coefficient (Wildman–Crippen LogP) is 1.79. The maximum absolute atomic E-state index is 13.2. The Labute approximate surface area is 205 Å². The number of halogens is 3. The van der Waals surface area contributed by atoms with Crippen LogP contribution in [0.15, 0.2) is 24.3 Å². The van der Waals surface area contributed by atoms with Crippen molar-refractivity contribution in [3.05, 3.63) is 35.4 Å². The molecule has 1 aromatic heterocycles. The molecule has 0 radical (unpaired) electrons. The maximum atomic E-state index is 13.2. The molecule has 3 heterocycles. The predicted molar refractivity (Wildman–Crippen MR) is 128 cm³/mol. The van der Waals surface area contributed by atoms with Crippen LogP contribution in [0.4, 0.5) is 36.4 Å². The minimum atomic E-state index is -4.49. The number of anilines is 4. The number of alkyl halides is 3. The Balaban J connectivity index is 1.42. The molecule has 1 saturated carbocycles. The minimum absolute atomic E-state index is 0.0105. The van der Waals surface area contributed by atoms with Crippen LogP contribution < -0.4 is 20.9 Å². The third-order valence-corrected chi connectivity index (χ3v) is 6.72. The number of benzene rings is 1. The van der Waals surface area contributed by atoms with Crippen molar-refractivity contribution in [2.24, 2.45) is 0 Å². The highest BCUT2D eigenvalue weighted by molar-refractivity contribution is 5.93. The average molecular weight is 505 g/mol. The van der Waals surface area contributed by atoms with Gasteiger partial charge in [-0.3, -0.25) is 9.69 Å². The van der Waals surface area contributed by atoms with Crippen molar-refractivity contribution in [3.63, 3.8) is 0 Å². The third kappa shape index (κ3) is 5.07. The van der Waals surface area contributed by atoms with E-state index in [0.717, 1.165) is 24.9 Å². The Hall–Kier alpha value is -3.45. The Kier molecular flexibility index (Phi) is 6.43. The van der Waals surface area contributed by atoms with Gasteiger partial charge in [-0.2, -0.15) is 23.1 Å². The van der Waals surface area contributed by atoms with Gasteiger partial charge in [0.15, 0.2) is 0 Å². The number of aliphatic hydroxyl groups is 1. The van der Waals surface area contributed by atoms with Gasteiger partial charge in [-0.15, -0.1) is 0 Å². The van der Waals surface area contributed by atoms with Gasteiger partial charge in [-0.25, -0.2) is 0 Å². The van der Waals surface area contributed by atoms with Crippen LogP contribution >= 0.6 is 0 Å². The summed E-state index contributed by atoms with van der Waals surface area (Å²) in [4.78, 5) is 24.9. The van der Waals surface area contributed by atoms with Gasteiger partial charge in [-0.1, -0.05) is 6.07 Å². The van der Waals surface area contributed by atoms with E-state index in [2.05, 4.69) is 30.8 Å². The fourth-order valence-electron chi connectivity index (χ4n) is 4.62. The molecule has 0 spiro atoms. The van der Waals surface area contributed by atoms with Gasteiger partial charge in [-0.05, 0) is 31.0 Å². The van der Waals surface area contributed by atoms with Crippen molar-refractivity contribution >= 4 is 35.4 Å². The van der Waals surface area contributed by atoms with Crippen molar-refractivity contribution in [1.29, 1.82) is 5.41 Å². The normalized spacial score (nSPS) is 22.9. The van der Waals surface area contributed by atoms with Crippen LogP contribution in [0, 0.1) is 5.41 Å². The molecule has 5 N–H and O–H groups in total. The SMILES string of the molecule is N=Cc1c(Nc2cccc(C(F)(F)F)c2)nc(NC2CC(O)C2)nc1N1CC(N2CCNC(=O)C2)C1. The molecule has 0 atom stereocenters. The summed E-state index contributed by atoms with van der Waals surface area (Å²) in [6.07, 6.45) is -2.70. The molecule has 10 nitrogen and oxygen atoms in total. The minimum Gasteiger partial charge on any atom is -0.393 e. The fraction of sp³-hybridized carbons (Fsp3) is 0.478. The highest BCUT2D eigenvalue weighted by Gasteiger charge is 2.37. The second-order valence-electron chi connectivity index (χ2n) is 9.33. The molecule has 2 aliphatic heterocycles. The second kappa shape index (κ2) is 9.54. The van der Waals surface area contributed by atoms with E-state index in [1.54, 1.807) is 0 Å². The first-order valence-electron chi connectivity index (χ1n) is 11.8. The number of hydrogen-bond acceptors (Lipinski definition) is 9. The molecule has 0 bridgehead atoms. The van der Waals surface area contributed by atoms with E-state index in [-0.39, 0.29) is 41.5 Å². The fourth-order valence-corrected chi connectivity index (χ4v) is 4.62. The van der Waals surface area contributed by atoms with Crippen molar-refractivity contribution < 1.29 is 23.1 Å². The third-order valence-electron chi connectivity index (χ3n) is 6.72. The first-order chi connectivity index (χ1) is 17.2. The molecular weight excluding hydrogens is 477 g/mol. The first-order valence-corrected chi connectivity index (χ1v) is 11.8. The van der Waals surface area contributed by atoms with E-state index in [1.165, 1.54) is 12.1 Å². The van der Waals surface area contributed by atoms with Crippen molar-refractivity contribution in [3.8, 4) is 0 Å². The zero-order chi connectivity index (χ0) is 25.4. The lowest BCUT2D eigenvalue weighted by Gasteiger charge is -2.47. The van der Waals surface area contributed by atoms with Gasteiger partial charge < -0.3 is 31.4 Å². The summed E-state index contributed by atoms with van der Waals surface area (Å²) in [5.41, 5.74) is -0.263. The molecule has 1 aromatic carbocycles. The van der Waals surface area contributed by atoms with Gasteiger partial charge in [0, 0.05) is 50.2 Å². The van der Waals surface area contributed by atoms with Gasteiger partial charge in [0.25, 0.3) is 0 Å². The molecule has 192 valence electrons. The molecule has 1 aliphatic carbocycles. The number of carbonyl (C=O) groups is 1. The Morgan fingerprint density at radius 3 is 2.67 bits per heavy atom. The van der Waals surface area contributed by atoms with Crippen molar-refractivity contribution in [2.45, 2.75) is 37.2 Å². The summed E-state index contributed by atoms with van der Waals surface area (Å²) in [6.45, 7) is 2.87. The molecule has 5 rings (SSSR count). The molecule has 13 heteroatoms. The van der Waals surface area contributed by atoms with E-state index in [0.29, 0.717) is 50.4 Å². The standard InChI is InChI=1S/C23H27F3N8O2/c24-23(25,26)13-2-1-3-14(6-13)29-20-18(9-27)21(32-22(31-20)30-15-7-17(35)8-15)34-10-16(11-34)33-5-4-28-19(36)12-33/h1-3,6,9,15-17,27,35H,4-5,7-8,10-12H2,(H,28,36)(H2,29,30,31,32). The number of nitrogens with one attached hydrogen (secondary N) is 4. The number of rotatable bonds is 7. The average Bonchev–Trinajstić information content (AvgIpc) is 2.77. The van der Waals surface area contributed by atoms with E-state index >= 15 is 0 Å². The molecule has 0 unspecified atom stereocenters. The summed E-state index contributed by atoms with van der Waals surface area (Å²) in [6, 6.07) is 4.93. The highest BCUT2D eigenvalue weighted by Crippen LogP contribution is 2.34. The van der Waals surface area contributed by atoms with E-state index in [1.807, 2.05) is 4.90 Å². The quantitative estimate of drug-likeness (QED) is 0.361. The number of carbonyl (C=O) groups excluding carboxylic acids is 1. The van der Waals surface area contributed by atoms with Crippen LogP contribution in [0.2, 0.25) is 0 Å². The molecule has 1 amide bonds. The van der Waals surface area contributed by atoms with Gasteiger partial charge in [0.1, 0.15) is 11.6 Å². The zero-order valence-corrected chi connectivity index (χ0v) is 19.3.